The van der Waals surface area contributed by atoms with Gasteiger partial charge in [0.2, 0.25) is 0 Å². The third kappa shape index (κ3) is 6.34. The lowest BCUT2D eigenvalue weighted by Crippen LogP contribution is -2.22. The van der Waals surface area contributed by atoms with Crippen molar-refractivity contribution in [1.82, 2.24) is 10.3 Å². The van der Waals surface area contributed by atoms with Gasteiger partial charge in [-0.25, -0.2) is 9.78 Å². The monoisotopic (exact) mass is 588 g/mol. The summed E-state index contributed by atoms with van der Waals surface area (Å²) in [6.45, 7) is 2.43. The number of aromatic nitrogens is 1. The number of thiazole rings is 1. The van der Waals surface area contributed by atoms with Crippen molar-refractivity contribution in [1.29, 1.82) is 0 Å². The van der Waals surface area contributed by atoms with Crippen LogP contribution >= 0.6 is 34.5 Å². The fourth-order valence-electron chi connectivity index (χ4n) is 4.17. The number of nitrogens with zero attached hydrogens (tertiary/aromatic N) is 1. The molecule has 0 saturated heterocycles. The highest BCUT2D eigenvalue weighted by Gasteiger charge is 2.15. The molecule has 0 unspecified atom stereocenters. The molecule has 5 rings (SSSR count). The summed E-state index contributed by atoms with van der Waals surface area (Å²) in [6, 6.07) is 25.4. The Morgan fingerprint density at radius 1 is 0.900 bits per heavy atom. The fourth-order valence-corrected chi connectivity index (χ4v) is 5.30. The number of ether oxygens (including phenoxy) is 1. The number of benzene rings is 4. The van der Waals surface area contributed by atoms with E-state index in [1.807, 2.05) is 48.7 Å². The Morgan fingerprint density at radius 3 is 2.38 bits per heavy atom. The number of hydrogen-bond acceptors (Lipinski definition) is 5. The van der Waals surface area contributed by atoms with Crippen LogP contribution in [0, 0.1) is 6.92 Å². The van der Waals surface area contributed by atoms with E-state index in [9.17, 15) is 14.7 Å². The summed E-state index contributed by atoms with van der Waals surface area (Å²) in [6.07, 6.45) is -1.43. The van der Waals surface area contributed by atoms with Crippen molar-refractivity contribution in [2.24, 2.45) is 0 Å². The smallest absolute Gasteiger partial charge is 0.449 e. The Balaban J connectivity index is 1.37. The number of halogens is 2. The number of aryl methyl sites for hydroxylation is 1. The van der Waals surface area contributed by atoms with E-state index in [1.54, 1.807) is 48.5 Å². The predicted molar refractivity (Wildman–Crippen MR) is 159 cm³/mol. The third-order valence-corrected chi connectivity index (χ3v) is 7.77. The lowest BCUT2D eigenvalue weighted by atomic mass is 10.0. The molecule has 0 aliphatic rings. The average Bonchev–Trinajstić information content (AvgIpc) is 3.44. The van der Waals surface area contributed by atoms with Crippen molar-refractivity contribution in [3.05, 3.63) is 117 Å². The summed E-state index contributed by atoms with van der Waals surface area (Å²) in [5, 5.41) is 15.8. The van der Waals surface area contributed by atoms with Crippen molar-refractivity contribution in [2.45, 2.75) is 13.5 Å². The van der Waals surface area contributed by atoms with E-state index in [0.29, 0.717) is 43.9 Å². The van der Waals surface area contributed by atoms with Crippen LogP contribution in [0.15, 0.2) is 90.3 Å². The van der Waals surface area contributed by atoms with E-state index in [0.717, 1.165) is 22.4 Å². The first-order valence-corrected chi connectivity index (χ1v) is 13.8. The van der Waals surface area contributed by atoms with Crippen LogP contribution in [0.2, 0.25) is 10.0 Å². The molecule has 5 aromatic rings. The first kappa shape index (κ1) is 27.4. The van der Waals surface area contributed by atoms with Gasteiger partial charge in [-0.1, -0.05) is 77.3 Å². The van der Waals surface area contributed by atoms with Gasteiger partial charge in [-0.2, -0.15) is 0 Å². The second kappa shape index (κ2) is 11.9. The van der Waals surface area contributed by atoms with Gasteiger partial charge in [-0.3, -0.25) is 4.79 Å². The molecule has 200 valence electrons. The Morgan fingerprint density at radius 2 is 1.65 bits per heavy atom. The Hall–Kier alpha value is -4.17. The van der Waals surface area contributed by atoms with Gasteiger partial charge in [-0.05, 0) is 54.4 Å². The molecule has 0 radical (unpaired) electrons. The molecule has 0 fully saturated rings. The van der Waals surface area contributed by atoms with E-state index in [-0.39, 0.29) is 11.7 Å². The van der Waals surface area contributed by atoms with Crippen molar-refractivity contribution < 1.29 is 19.4 Å². The molecule has 0 aliphatic carbocycles. The number of carboxylic acid groups (broad SMARTS) is 1. The fraction of sp³-hybridized carbons (Fsp3) is 0.0645. The Bertz CT molecular complexity index is 1720. The zero-order chi connectivity index (χ0) is 28.2. The highest BCUT2D eigenvalue weighted by atomic mass is 35.5. The number of amides is 1. The first-order valence-electron chi connectivity index (χ1n) is 12.2. The zero-order valence-electron chi connectivity index (χ0n) is 21.2. The lowest BCUT2D eigenvalue weighted by molar-refractivity contribution is 0.0950. The highest BCUT2D eigenvalue weighted by Crippen LogP contribution is 2.37. The summed E-state index contributed by atoms with van der Waals surface area (Å²) in [4.78, 5) is 28.9. The van der Waals surface area contributed by atoms with E-state index < -0.39 is 6.16 Å². The molecule has 0 aliphatic heterocycles. The van der Waals surface area contributed by atoms with Crippen molar-refractivity contribution >= 4 is 46.6 Å². The molecule has 4 aromatic carbocycles. The molecule has 0 bridgehead atoms. The number of nitrogens with one attached hydrogen (secondary N) is 1. The second-order valence-electron chi connectivity index (χ2n) is 8.99. The molecule has 0 spiro atoms. The van der Waals surface area contributed by atoms with Crippen LogP contribution in [0.4, 0.5) is 4.79 Å². The van der Waals surface area contributed by atoms with Crippen LogP contribution in [-0.2, 0) is 6.54 Å². The number of carbonyl (C=O) groups is 2. The van der Waals surface area contributed by atoms with Gasteiger partial charge in [0, 0.05) is 34.2 Å². The van der Waals surface area contributed by atoms with Crippen molar-refractivity contribution in [2.75, 3.05) is 0 Å². The zero-order valence-corrected chi connectivity index (χ0v) is 23.5. The first-order chi connectivity index (χ1) is 19.3. The molecule has 0 atom stereocenters. The topological polar surface area (TPSA) is 88.5 Å². The standard InChI is InChI=1S/C31H22Cl2N2O4S/c1-18-3-2-4-19(13-18)16-34-29(36)21-7-5-20(6-8-21)24-11-9-23(15-28(24)39-31(37)38)30-35-27(17-40-30)22-10-12-25(32)26(33)14-22/h2-15,17H,16H2,1H3,(H,34,36)(H,37,38). The highest BCUT2D eigenvalue weighted by molar-refractivity contribution is 7.13. The van der Waals surface area contributed by atoms with E-state index in [4.69, 9.17) is 27.9 Å². The van der Waals surface area contributed by atoms with Crippen LogP contribution in [-0.4, -0.2) is 22.2 Å². The Labute approximate surface area is 244 Å². The summed E-state index contributed by atoms with van der Waals surface area (Å²) in [7, 11) is 0. The molecular weight excluding hydrogens is 567 g/mol. The van der Waals surface area contributed by atoms with E-state index >= 15 is 0 Å². The molecule has 1 heterocycles. The van der Waals surface area contributed by atoms with Gasteiger partial charge in [0.1, 0.15) is 10.8 Å². The average molecular weight is 590 g/mol. The van der Waals surface area contributed by atoms with Crippen molar-refractivity contribution in [3.8, 4) is 38.7 Å². The van der Waals surface area contributed by atoms with Crippen LogP contribution in [0.3, 0.4) is 0 Å². The molecule has 9 heteroatoms. The van der Waals surface area contributed by atoms with Gasteiger partial charge < -0.3 is 15.2 Å². The SMILES string of the molecule is Cc1cccc(CNC(=O)c2ccc(-c3ccc(-c4nc(-c5ccc(Cl)c(Cl)c5)cs4)cc3OC(=O)O)cc2)c1. The van der Waals surface area contributed by atoms with Crippen LogP contribution in [0.1, 0.15) is 21.5 Å². The van der Waals surface area contributed by atoms with Gasteiger partial charge in [-0.15, -0.1) is 11.3 Å². The lowest BCUT2D eigenvalue weighted by Gasteiger charge is -2.11. The number of rotatable bonds is 7. The molecule has 2 N–H and O–H groups in total. The van der Waals surface area contributed by atoms with Gasteiger partial charge in [0.25, 0.3) is 5.91 Å². The molecule has 6 nitrogen and oxygen atoms in total. The van der Waals surface area contributed by atoms with Crippen molar-refractivity contribution in [3.63, 3.8) is 0 Å². The summed E-state index contributed by atoms with van der Waals surface area (Å²) in [5.74, 6) is -0.0418. The molecule has 40 heavy (non-hydrogen) atoms. The maximum Gasteiger partial charge on any atom is 0.511 e. The van der Waals surface area contributed by atoms with E-state index in [2.05, 4.69) is 10.3 Å². The number of carbonyl (C=O) groups excluding carboxylic acids is 1. The summed E-state index contributed by atoms with van der Waals surface area (Å²) < 4.78 is 5.14. The minimum atomic E-state index is -1.43. The normalized spacial score (nSPS) is 10.8. The van der Waals surface area contributed by atoms with E-state index in [1.165, 1.54) is 11.3 Å². The predicted octanol–water partition coefficient (Wildman–Crippen LogP) is 8.75. The minimum absolute atomic E-state index is 0.160. The van der Waals surface area contributed by atoms with Crippen LogP contribution in [0.5, 0.6) is 5.75 Å². The quantitative estimate of drug-likeness (QED) is 0.146. The molecule has 1 amide bonds. The molecular formula is C31H22Cl2N2O4S. The van der Waals surface area contributed by atoms with Crippen LogP contribution in [0.25, 0.3) is 33.0 Å². The maximum absolute atomic E-state index is 12.7. The third-order valence-electron chi connectivity index (χ3n) is 6.14. The summed E-state index contributed by atoms with van der Waals surface area (Å²) in [5.41, 5.74) is 6.15. The molecule has 0 saturated carbocycles. The van der Waals surface area contributed by atoms with Crippen LogP contribution < -0.4 is 10.1 Å². The Kier molecular flexibility index (Phi) is 8.16. The maximum atomic E-state index is 12.7. The van der Waals surface area contributed by atoms with Gasteiger partial charge in [0.05, 0.1) is 15.7 Å². The number of hydrogen-bond donors (Lipinski definition) is 2. The van der Waals surface area contributed by atoms with Gasteiger partial charge >= 0.3 is 6.16 Å². The van der Waals surface area contributed by atoms with Gasteiger partial charge in [0.15, 0.2) is 0 Å². The minimum Gasteiger partial charge on any atom is -0.449 e. The summed E-state index contributed by atoms with van der Waals surface area (Å²) >= 11 is 13.6. The largest absolute Gasteiger partial charge is 0.511 e. The molecule has 1 aromatic heterocycles. The second-order valence-corrected chi connectivity index (χ2v) is 10.7.